The molecule has 2 bridgehead atoms. The zero-order valence-electron chi connectivity index (χ0n) is 22.9. The summed E-state index contributed by atoms with van der Waals surface area (Å²) < 4.78 is 10.7. The molecule has 1 saturated heterocycles. The van der Waals surface area contributed by atoms with Crippen LogP contribution in [0.2, 0.25) is 0 Å². The molecule has 7 nitrogen and oxygen atoms in total. The standard InChI is InChI=1S/C34H28N2O5/c1-34-29-24-13-6-4-11-22(24)28(23-12-5-7-14-25(23)29)30(34)32(38)36(33(34)39)20-10-8-9-19(17-20)31(37)35-26-18-21(40-2)15-16-27(26)41-3/h4-18,28-30H,1-3H3,(H,35,37)/t28?,29?,30-,34+/m0/s1. The van der Waals surface area contributed by atoms with E-state index >= 15 is 0 Å². The van der Waals surface area contributed by atoms with Gasteiger partial charge in [-0.3, -0.25) is 14.4 Å². The van der Waals surface area contributed by atoms with Gasteiger partial charge < -0.3 is 14.8 Å². The van der Waals surface area contributed by atoms with Gasteiger partial charge in [0.15, 0.2) is 0 Å². The number of carbonyl (C=O) groups is 3. The molecule has 1 fully saturated rings. The number of rotatable bonds is 5. The van der Waals surface area contributed by atoms with E-state index in [4.69, 9.17) is 9.47 Å². The number of nitrogens with zero attached hydrogens (tertiary/aromatic N) is 1. The molecule has 41 heavy (non-hydrogen) atoms. The normalized spacial score (nSPS) is 23.5. The number of amides is 3. The molecular weight excluding hydrogens is 516 g/mol. The van der Waals surface area contributed by atoms with E-state index in [1.807, 2.05) is 31.2 Å². The number of hydrogen-bond acceptors (Lipinski definition) is 5. The number of imide groups is 1. The molecule has 204 valence electrons. The Balaban J connectivity index is 1.27. The second-order valence-electron chi connectivity index (χ2n) is 11.0. The molecule has 7 heteroatoms. The number of carbonyl (C=O) groups excluding carboxylic acids is 3. The topological polar surface area (TPSA) is 84.9 Å². The van der Waals surface area contributed by atoms with Crippen molar-refractivity contribution in [2.24, 2.45) is 11.3 Å². The van der Waals surface area contributed by atoms with Crippen molar-refractivity contribution in [2.75, 3.05) is 24.4 Å². The van der Waals surface area contributed by atoms with Gasteiger partial charge in [-0.15, -0.1) is 0 Å². The lowest BCUT2D eigenvalue weighted by molar-refractivity contribution is -0.128. The largest absolute Gasteiger partial charge is 0.497 e. The van der Waals surface area contributed by atoms with Crippen LogP contribution in [-0.4, -0.2) is 31.9 Å². The fourth-order valence-electron chi connectivity index (χ4n) is 7.25. The number of anilines is 2. The van der Waals surface area contributed by atoms with Crippen molar-refractivity contribution in [1.82, 2.24) is 0 Å². The number of benzene rings is 4. The van der Waals surface area contributed by atoms with E-state index in [0.29, 0.717) is 28.4 Å². The van der Waals surface area contributed by atoms with Crippen molar-refractivity contribution in [3.8, 4) is 11.5 Å². The highest BCUT2D eigenvalue weighted by Crippen LogP contribution is 2.67. The predicted molar refractivity (Wildman–Crippen MR) is 155 cm³/mol. The van der Waals surface area contributed by atoms with E-state index in [1.54, 1.807) is 49.6 Å². The molecule has 1 heterocycles. The molecule has 1 aliphatic heterocycles. The van der Waals surface area contributed by atoms with Crippen molar-refractivity contribution < 1.29 is 23.9 Å². The number of ether oxygens (including phenoxy) is 2. The SMILES string of the molecule is COc1ccc(OC)c(NC(=O)c2cccc(N3C(=O)[C@@H]4C5c6ccccc6C(c6ccccc65)[C@@]4(C)C3=O)c2)c1. The van der Waals surface area contributed by atoms with Crippen LogP contribution in [0.3, 0.4) is 0 Å². The van der Waals surface area contributed by atoms with Gasteiger partial charge in [0, 0.05) is 23.5 Å². The average molecular weight is 545 g/mol. The summed E-state index contributed by atoms with van der Waals surface area (Å²) in [6.07, 6.45) is 0. The second-order valence-corrected chi connectivity index (χ2v) is 11.0. The quantitative estimate of drug-likeness (QED) is 0.324. The maximum absolute atomic E-state index is 14.4. The van der Waals surface area contributed by atoms with Gasteiger partial charge in [-0.25, -0.2) is 4.90 Å². The Kier molecular flexibility index (Phi) is 5.54. The summed E-state index contributed by atoms with van der Waals surface area (Å²) in [7, 11) is 3.06. The summed E-state index contributed by atoms with van der Waals surface area (Å²) >= 11 is 0. The fraction of sp³-hybridized carbons (Fsp3) is 0.206. The minimum atomic E-state index is -0.948. The van der Waals surface area contributed by atoms with E-state index in [9.17, 15) is 14.4 Å². The molecule has 0 radical (unpaired) electrons. The van der Waals surface area contributed by atoms with Gasteiger partial charge in [0.2, 0.25) is 11.8 Å². The molecule has 8 rings (SSSR count). The lowest BCUT2D eigenvalue weighted by Gasteiger charge is -2.51. The Labute approximate surface area is 237 Å². The molecule has 4 aromatic carbocycles. The molecule has 2 atom stereocenters. The van der Waals surface area contributed by atoms with Gasteiger partial charge in [0.1, 0.15) is 11.5 Å². The van der Waals surface area contributed by atoms with Crippen molar-refractivity contribution in [1.29, 1.82) is 0 Å². The fourth-order valence-corrected chi connectivity index (χ4v) is 7.25. The molecule has 4 aliphatic rings. The summed E-state index contributed by atoms with van der Waals surface area (Å²) in [5.41, 5.74) is 4.63. The molecular formula is C34H28N2O5. The number of methoxy groups -OCH3 is 2. The molecule has 0 spiro atoms. The van der Waals surface area contributed by atoms with Crippen LogP contribution in [0, 0.1) is 11.3 Å². The first-order valence-electron chi connectivity index (χ1n) is 13.6. The molecule has 3 aliphatic carbocycles. The highest BCUT2D eigenvalue weighted by atomic mass is 16.5. The monoisotopic (exact) mass is 544 g/mol. The predicted octanol–water partition coefficient (Wildman–Crippen LogP) is 5.74. The summed E-state index contributed by atoms with van der Waals surface area (Å²) in [6, 6.07) is 28.1. The molecule has 0 saturated carbocycles. The summed E-state index contributed by atoms with van der Waals surface area (Å²) in [6.45, 7) is 1.94. The Morgan fingerprint density at radius 2 is 1.46 bits per heavy atom. The Hall–Kier alpha value is -4.91. The smallest absolute Gasteiger partial charge is 0.255 e. The molecule has 3 amide bonds. The second kappa shape index (κ2) is 9.06. The van der Waals surface area contributed by atoms with Gasteiger partial charge in [-0.05, 0) is 59.5 Å². The lowest BCUT2D eigenvalue weighted by atomic mass is 9.48. The van der Waals surface area contributed by atoms with Gasteiger partial charge in [-0.2, -0.15) is 0 Å². The molecule has 4 aromatic rings. The first-order valence-corrected chi connectivity index (χ1v) is 13.6. The average Bonchev–Trinajstić information content (AvgIpc) is 3.21. The van der Waals surface area contributed by atoms with Crippen LogP contribution < -0.4 is 19.7 Å². The van der Waals surface area contributed by atoms with Crippen molar-refractivity contribution >= 4 is 29.1 Å². The van der Waals surface area contributed by atoms with E-state index in [0.717, 1.165) is 22.3 Å². The maximum Gasteiger partial charge on any atom is 0.255 e. The Morgan fingerprint density at radius 1 is 0.805 bits per heavy atom. The van der Waals surface area contributed by atoms with Crippen LogP contribution in [0.1, 0.15) is 51.4 Å². The van der Waals surface area contributed by atoms with E-state index in [-0.39, 0.29) is 23.7 Å². The highest BCUT2D eigenvalue weighted by Gasteiger charge is 2.68. The number of nitrogens with one attached hydrogen (secondary N) is 1. The van der Waals surface area contributed by atoms with Crippen LogP contribution in [0.4, 0.5) is 11.4 Å². The van der Waals surface area contributed by atoms with Gasteiger partial charge in [-0.1, -0.05) is 54.6 Å². The molecule has 0 unspecified atom stereocenters. The molecule has 1 N–H and O–H groups in total. The van der Waals surface area contributed by atoms with E-state index in [1.165, 1.54) is 12.0 Å². The summed E-state index contributed by atoms with van der Waals surface area (Å²) in [5.74, 6) is -0.821. The molecule has 0 aromatic heterocycles. The Bertz CT molecular complexity index is 1720. The first-order chi connectivity index (χ1) is 19.9. The van der Waals surface area contributed by atoms with Crippen LogP contribution >= 0.6 is 0 Å². The van der Waals surface area contributed by atoms with Crippen LogP contribution in [0.15, 0.2) is 91.0 Å². The van der Waals surface area contributed by atoms with E-state index in [2.05, 4.69) is 29.6 Å². The highest BCUT2D eigenvalue weighted by molar-refractivity contribution is 6.25. The minimum Gasteiger partial charge on any atom is -0.497 e. The van der Waals surface area contributed by atoms with Gasteiger partial charge in [0.05, 0.1) is 36.9 Å². The van der Waals surface area contributed by atoms with Crippen LogP contribution in [0.5, 0.6) is 11.5 Å². The van der Waals surface area contributed by atoms with Crippen molar-refractivity contribution in [3.63, 3.8) is 0 Å². The zero-order valence-corrected chi connectivity index (χ0v) is 22.9. The van der Waals surface area contributed by atoms with Gasteiger partial charge >= 0.3 is 0 Å². The minimum absolute atomic E-state index is 0.217. The van der Waals surface area contributed by atoms with Crippen LogP contribution in [0.25, 0.3) is 0 Å². The van der Waals surface area contributed by atoms with Crippen molar-refractivity contribution in [2.45, 2.75) is 18.8 Å². The summed E-state index contributed by atoms with van der Waals surface area (Å²) in [5, 5.41) is 2.87. The lowest BCUT2D eigenvalue weighted by Crippen LogP contribution is -2.49. The van der Waals surface area contributed by atoms with E-state index < -0.39 is 17.2 Å². The first kappa shape index (κ1) is 25.1. The Morgan fingerprint density at radius 3 is 2.10 bits per heavy atom. The number of hydrogen-bond donors (Lipinski definition) is 1. The van der Waals surface area contributed by atoms with Crippen LogP contribution in [-0.2, 0) is 9.59 Å². The van der Waals surface area contributed by atoms with Crippen molar-refractivity contribution in [3.05, 3.63) is 119 Å². The van der Waals surface area contributed by atoms with Gasteiger partial charge in [0.25, 0.3) is 5.91 Å². The third-order valence-corrected chi connectivity index (χ3v) is 9.03. The maximum atomic E-state index is 14.4. The summed E-state index contributed by atoms with van der Waals surface area (Å²) in [4.78, 5) is 43.3. The zero-order chi connectivity index (χ0) is 28.5. The third-order valence-electron chi connectivity index (χ3n) is 9.03. The third kappa shape index (κ3) is 3.41.